The van der Waals surface area contributed by atoms with E-state index in [4.69, 9.17) is 27.9 Å². The lowest BCUT2D eigenvalue weighted by Crippen LogP contribution is -2.50. The molecule has 2 saturated heterocycles. The van der Waals surface area contributed by atoms with Crippen LogP contribution in [0, 0.1) is 0 Å². The monoisotopic (exact) mass is 468 g/mol. The number of likely N-dealkylation sites (tertiary alicyclic amines) is 2. The maximum absolute atomic E-state index is 11.8. The van der Waals surface area contributed by atoms with Crippen LogP contribution in [0.2, 0.25) is 10.0 Å². The molecule has 2 aliphatic heterocycles. The zero-order valence-corrected chi connectivity index (χ0v) is 19.0. The van der Waals surface area contributed by atoms with Crippen molar-refractivity contribution in [2.75, 3.05) is 26.2 Å². The van der Waals surface area contributed by atoms with Crippen molar-refractivity contribution in [2.45, 2.75) is 43.9 Å². The van der Waals surface area contributed by atoms with Crippen molar-refractivity contribution in [3.8, 4) is 5.75 Å². The molecule has 0 radical (unpaired) electrons. The van der Waals surface area contributed by atoms with Gasteiger partial charge in [0.15, 0.2) is 0 Å². The minimum Gasteiger partial charge on any atom is -0.490 e. The fraction of sp³-hybridized carbons (Fsp3) is 0.500. The van der Waals surface area contributed by atoms with Gasteiger partial charge in [-0.05, 0) is 60.2 Å². The Morgan fingerprint density at radius 1 is 1.07 bits per heavy atom. The second-order valence-electron chi connectivity index (χ2n) is 7.99. The normalized spacial score (nSPS) is 20.9. The molecule has 8 heteroatoms. The number of carboxylic acids is 1. The van der Waals surface area contributed by atoms with E-state index < -0.39 is 12.0 Å². The first-order valence-electron chi connectivity index (χ1n) is 10.4. The Kier molecular flexibility index (Phi) is 7.21. The van der Waals surface area contributed by atoms with Crippen molar-refractivity contribution in [1.29, 1.82) is 0 Å². The van der Waals surface area contributed by atoms with E-state index >= 15 is 0 Å². The van der Waals surface area contributed by atoms with Crippen molar-refractivity contribution in [3.63, 3.8) is 0 Å². The first-order valence-corrected chi connectivity index (χ1v) is 12.1. The van der Waals surface area contributed by atoms with E-state index in [1.54, 1.807) is 23.5 Å². The van der Waals surface area contributed by atoms with Gasteiger partial charge in [-0.15, -0.1) is 0 Å². The van der Waals surface area contributed by atoms with Gasteiger partial charge >= 0.3 is 5.97 Å². The molecular formula is C22H26Cl2N2O3S. The van der Waals surface area contributed by atoms with E-state index in [1.807, 2.05) is 22.9 Å². The number of benzene rings is 1. The molecule has 0 amide bonds. The number of halogens is 2. The Labute approximate surface area is 191 Å². The number of hydrogen-bond donors (Lipinski definition) is 1. The Balaban J connectivity index is 1.26. The molecular weight excluding hydrogens is 443 g/mol. The largest absolute Gasteiger partial charge is 0.490 e. The molecule has 0 bridgehead atoms. The Morgan fingerprint density at radius 2 is 1.80 bits per heavy atom. The van der Waals surface area contributed by atoms with Gasteiger partial charge in [0.25, 0.3) is 0 Å². The predicted octanol–water partition coefficient (Wildman–Crippen LogP) is 5.19. The number of carbonyl (C=O) groups is 1. The van der Waals surface area contributed by atoms with E-state index in [1.165, 1.54) is 0 Å². The number of nitrogens with zero attached hydrogens (tertiary/aromatic N) is 2. The summed E-state index contributed by atoms with van der Waals surface area (Å²) in [5.74, 6) is 0.0106. The van der Waals surface area contributed by atoms with Gasteiger partial charge < -0.3 is 14.7 Å². The van der Waals surface area contributed by atoms with Gasteiger partial charge in [-0.2, -0.15) is 11.3 Å². The van der Waals surface area contributed by atoms with Crippen LogP contribution in [0.4, 0.5) is 0 Å². The summed E-state index contributed by atoms with van der Waals surface area (Å²) in [5, 5.41) is 14.7. The highest BCUT2D eigenvalue weighted by Crippen LogP contribution is 2.31. The first-order chi connectivity index (χ1) is 14.5. The van der Waals surface area contributed by atoms with Crippen molar-refractivity contribution >= 4 is 40.5 Å². The van der Waals surface area contributed by atoms with E-state index in [9.17, 15) is 9.90 Å². The van der Waals surface area contributed by atoms with E-state index in [0.717, 1.165) is 63.2 Å². The van der Waals surface area contributed by atoms with Crippen LogP contribution in [0.15, 0.2) is 35.0 Å². The van der Waals surface area contributed by atoms with Gasteiger partial charge in [0, 0.05) is 38.3 Å². The molecule has 3 heterocycles. The SMILES string of the molecule is O=C(O)C(c1ccsc1)N1CCC(N2CCC(Oc3ccc(Cl)c(Cl)c3)CC2)CC1. The highest BCUT2D eigenvalue weighted by atomic mass is 35.5. The van der Waals surface area contributed by atoms with Crippen LogP contribution in [0.1, 0.15) is 37.3 Å². The molecule has 1 aromatic heterocycles. The van der Waals surface area contributed by atoms with Crippen LogP contribution in [-0.4, -0.2) is 59.2 Å². The van der Waals surface area contributed by atoms with E-state index in [2.05, 4.69) is 9.80 Å². The van der Waals surface area contributed by atoms with Crippen LogP contribution >= 0.6 is 34.5 Å². The van der Waals surface area contributed by atoms with Crippen molar-refractivity contribution in [3.05, 3.63) is 50.6 Å². The second kappa shape index (κ2) is 9.88. The smallest absolute Gasteiger partial charge is 0.325 e. The van der Waals surface area contributed by atoms with E-state index in [-0.39, 0.29) is 6.10 Å². The Bertz CT molecular complexity index is 848. The lowest BCUT2D eigenvalue weighted by atomic mass is 9.97. The topological polar surface area (TPSA) is 53.0 Å². The fourth-order valence-electron chi connectivity index (χ4n) is 4.55. The quantitative estimate of drug-likeness (QED) is 0.631. The third-order valence-electron chi connectivity index (χ3n) is 6.14. The van der Waals surface area contributed by atoms with E-state index in [0.29, 0.717) is 16.1 Å². The highest BCUT2D eigenvalue weighted by molar-refractivity contribution is 7.08. The maximum atomic E-state index is 11.8. The van der Waals surface area contributed by atoms with Gasteiger partial charge in [-0.3, -0.25) is 9.69 Å². The van der Waals surface area contributed by atoms with Gasteiger partial charge in [-0.1, -0.05) is 23.2 Å². The number of aliphatic carboxylic acids is 1. The van der Waals surface area contributed by atoms with Crippen LogP contribution in [0.25, 0.3) is 0 Å². The highest BCUT2D eigenvalue weighted by Gasteiger charge is 2.34. The molecule has 162 valence electrons. The average Bonchev–Trinajstić information content (AvgIpc) is 3.26. The van der Waals surface area contributed by atoms with Gasteiger partial charge in [-0.25, -0.2) is 0 Å². The minimum atomic E-state index is -0.757. The average molecular weight is 469 g/mol. The van der Waals surface area contributed by atoms with Crippen LogP contribution in [-0.2, 0) is 4.79 Å². The molecule has 1 aromatic carbocycles. The third kappa shape index (κ3) is 5.11. The summed E-state index contributed by atoms with van der Waals surface area (Å²) in [4.78, 5) is 16.5. The summed E-state index contributed by atoms with van der Waals surface area (Å²) < 4.78 is 6.10. The van der Waals surface area contributed by atoms with Crippen LogP contribution < -0.4 is 4.74 Å². The van der Waals surface area contributed by atoms with Crippen molar-refractivity contribution in [1.82, 2.24) is 9.80 Å². The summed E-state index contributed by atoms with van der Waals surface area (Å²) in [5.41, 5.74) is 0.895. The lowest BCUT2D eigenvalue weighted by Gasteiger charge is -2.42. The second-order valence-corrected chi connectivity index (χ2v) is 9.59. The Morgan fingerprint density at radius 3 is 2.40 bits per heavy atom. The van der Waals surface area contributed by atoms with Gasteiger partial charge in [0.05, 0.1) is 10.0 Å². The summed E-state index contributed by atoms with van der Waals surface area (Å²) in [6.07, 6.45) is 4.16. The summed E-state index contributed by atoms with van der Waals surface area (Å²) in [6.45, 7) is 3.64. The van der Waals surface area contributed by atoms with Crippen molar-refractivity contribution < 1.29 is 14.6 Å². The predicted molar refractivity (Wildman–Crippen MR) is 121 cm³/mol. The summed E-state index contributed by atoms with van der Waals surface area (Å²) >= 11 is 13.6. The number of ether oxygens (including phenoxy) is 1. The molecule has 30 heavy (non-hydrogen) atoms. The van der Waals surface area contributed by atoms with Crippen molar-refractivity contribution in [2.24, 2.45) is 0 Å². The summed E-state index contributed by atoms with van der Waals surface area (Å²) in [7, 11) is 0. The number of rotatable bonds is 6. The molecule has 0 spiro atoms. The number of hydrogen-bond acceptors (Lipinski definition) is 5. The molecule has 0 aliphatic carbocycles. The first kappa shape index (κ1) is 21.9. The third-order valence-corrected chi connectivity index (χ3v) is 7.58. The van der Waals surface area contributed by atoms with Crippen LogP contribution in [0.5, 0.6) is 5.75 Å². The molecule has 2 fully saturated rings. The zero-order chi connectivity index (χ0) is 21.1. The molecule has 1 unspecified atom stereocenters. The molecule has 0 saturated carbocycles. The maximum Gasteiger partial charge on any atom is 0.325 e. The van der Waals surface area contributed by atoms with Gasteiger partial charge in [0.2, 0.25) is 0 Å². The molecule has 1 N–H and O–H groups in total. The molecule has 2 aliphatic rings. The minimum absolute atomic E-state index is 0.188. The summed E-state index contributed by atoms with van der Waals surface area (Å²) in [6, 6.07) is 7.32. The van der Waals surface area contributed by atoms with Gasteiger partial charge in [0.1, 0.15) is 17.9 Å². The number of piperidine rings is 2. The fourth-order valence-corrected chi connectivity index (χ4v) is 5.52. The molecule has 5 nitrogen and oxygen atoms in total. The number of carboxylic acid groups (broad SMARTS) is 1. The zero-order valence-electron chi connectivity index (χ0n) is 16.7. The lowest BCUT2D eigenvalue weighted by molar-refractivity contribution is -0.144. The molecule has 1 atom stereocenters. The molecule has 2 aromatic rings. The molecule has 4 rings (SSSR count). The Hall–Kier alpha value is -1.31. The standard InChI is InChI=1S/C22H26Cl2N2O3S/c23-19-2-1-18(13-20(19)24)29-17-5-10-25(11-6-17)16-3-8-26(9-4-16)21(22(27)28)15-7-12-30-14-15/h1-2,7,12-14,16-17,21H,3-6,8-11H2,(H,27,28). The van der Waals surface area contributed by atoms with Crippen LogP contribution in [0.3, 0.4) is 0 Å². The number of thiophene rings is 1.